The van der Waals surface area contributed by atoms with Crippen LogP contribution in [0, 0.1) is 0 Å². The predicted octanol–water partition coefficient (Wildman–Crippen LogP) is 3.77. The molecule has 1 aromatic carbocycles. The van der Waals surface area contributed by atoms with Gasteiger partial charge in [0.05, 0.1) is 31.1 Å². The highest BCUT2D eigenvalue weighted by molar-refractivity contribution is 6.30. The van der Waals surface area contributed by atoms with Gasteiger partial charge in [-0.1, -0.05) is 23.7 Å². The molecule has 2 heterocycles. The minimum atomic E-state index is 0.128. The van der Waals surface area contributed by atoms with Crippen molar-refractivity contribution in [3.63, 3.8) is 0 Å². The molecule has 1 aromatic heterocycles. The summed E-state index contributed by atoms with van der Waals surface area (Å²) < 4.78 is 5.56. The first-order chi connectivity index (χ1) is 10.3. The second-order valence-corrected chi connectivity index (χ2v) is 5.29. The third-order valence-electron chi connectivity index (χ3n) is 3.43. The molecule has 1 N–H and O–H groups in total. The Morgan fingerprint density at radius 3 is 2.86 bits per heavy atom. The molecule has 0 saturated carbocycles. The Labute approximate surface area is 129 Å². The predicted molar refractivity (Wildman–Crippen MR) is 82.3 cm³/mol. The number of ether oxygens (including phenoxy) is 1. The summed E-state index contributed by atoms with van der Waals surface area (Å²) in [6.07, 6.45) is 2.67. The van der Waals surface area contributed by atoms with E-state index in [9.17, 15) is 0 Å². The van der Waals surface area contributed by atoms with Gasteiger partial charge in [0.15, 0.2) is 0 Å². The van der Waals surface area contributed by atoms with E-state index in [4.69, 9.17) is 21.2 Å². The quantitative estimate of drug-likeness (QED) is 0.934. The number of rotatable bonds is 4. The molecule has 5 heteroatoms. The van der Waals surface area contributed by atoms with E-state index in [0.29, 0.717) is 18.2 Å². The van der Waals surface area contributed by atoms with E-state index in [-0.39, 0.29) is 6.04 Å². The lowest BCUT2D eigenvalue weighted by Gasteiger charge is -2.16. The van der Waals surface area contributed by atoms with Crippen molar-refractivity contribution in [1.29, 1.82) is 0 Å². The standard InChI is InChI=1S/C16H17ClN2O2/c1-2-20-13-9-14(15-7-8-21-19-15)16(18-10-13)11-3-5-12(17)6-4-11/h3-6,9-10,15,19H,2,7-8H2,1H3. The van der Waals surface area contributed by atoms with Crippen LogP contribution in [0.4, 0.5) is 0 Å². The zero-order valence-electron chi connectivity index (χ0n) is 11.8. The van der Waals surface area contributed by atoms with Gasteiger partial charge >= 0.3 is 0 Å². The van der Waals surface area contributed by atoms with Crippen LogP contribution in [-0.2, 0) is 4.84 Å². The van der Waals surface area contributed by atoms with Crippen LogP contribution < -0.4 is 10.2 Å². The van der Waals surface area contributed by atoms with Gasteiger partial charge in [0.25, 0.3) is 0 Å². The van der Waals surface area contributed by atoms with Crippen molar-refractivity contribution in [1.82, 2.24) is 10.5 Å². The normalized spacial score (nSPS) is 17.9. The van der Waals surface area contributed by atoms with E-state index >= 15 is 0 Å². The second kappa shape index (κ2) is 6.43. The number of pyridine rings is 1. The summed E-state index contributed by atoms with van der Waals surface area (Å²) in [7, 11) is 0. The number of aromatic nitrogens is 1. The van der Waals surface area contributed by atoms with Crippen molar-refractivity contribution in [2.24, 2.45) is 0 Å². The molecule has 1 saturated heterocycles. The van der Waals surface area contributed by atoms with Gasteiger partial charge in [0.1, 0.15) is 5.75 Å². The number of hydroxylamine groups is 1. The van der Waals surface area contributed by atoms with Gasteiger partial charge in [-0.15, -0.1) is 0 Å². The monoisotopic (exact) mass is 304 g/mol. The van der Waals surface area contributed by atoms with Crippen molar-refractivity contribution in [2.45, 2.75) is 19.4 Å². The second-order valence-electron chi connectivity index (χ2n) is 4.86. The number of halogens is 1. The van der Waals surface area contributed by atoms with Gasteiger partial charge in [-0.25, -0.2) is 0 Å². The third kappa shape index (κ3) is 3.18. The van der Waals surface area contributed by atoms with Crippen LogP contribution in [0.15, 0.2) is 36.5 Å². The molecule has 1 fully saturated rings. The topological polar surface area (TPSA) is 43.4 Å². The minimum Gasteiger partial charge on any atom is -0.492 e. The Kier molecular flexibility index (Phi) is 4.39. The van der Waals surface area contributed by atoms with Crippen LogP contribution in [0.3, 0.4) is 0 Å². The molecule has 1 aliphatic heterocycles. The zero-order chi connectivity index (χ0) is 14.7. The molecule has 0 aliphatic carbocycles. The van der Waals surface area contributed by atoms with Crippen molar-refractivity contribution in [2.75, 3.05) is 13.2 Å². The smallest absolute Gasteiger partial charge is 0.137 e. The van der Waals surface area contributed by atoms with Crippen molar-refractivity contribution >= 4 is 11.6 Å². The Balaban J connectivity index is 2.03. The molecule has 0 radical (unpaired) electrons. The first-order valence-corrected chi connectivity index (χ1v) is 7.41. The molecule has 1 atom stereocenters. The Hall–Kier alpha value is -1.62. The first-order valence-electron chi connectivity index (χ1n) is 7.04. The molecular formula is C16H17ClN2O2. The van der Waals surface area contributed by atoms with Gasteiger partial charge in [0.2, 0.25) is 0 Å². The fourth-order valence-corrected chi connectivity index (χ4v) is 2.56. The maximum Gasteiger partial charge on any atom is 0.137 e. The summed E-state index contributed by atoms with van der Waals surface area (Å²) in [5.74, 6) is 0.777. The van der Waals surface area contributed by atoms with Gasteiger partial charge in [-0.2, -0.15) is 5.48 Å². The molecule has 21 heavy (non-hydrogen) atoms. The Bertz CT molecular complexity index is 610. The minimum absolute atomic E-state index is 0.128. The van der Waals surface area contributed by atoms with Crippen LogP contribution in [0.2, 0.25) is 5.02 Å². The number of nitrogens with one attached hydrogen (secondary N) is 1. The Morgan fingerprint density at radius 1 is 1.38 bits per heavy atom. The van der Waals surface area contributed by atoms with Gasteiger partial charge in [-0.05, 0) is 31.5 Å². The van der Waals surface area contributed by atoms with Gasteiger partial charge in [-0.3, -0.25) is 4.98 Å². The molecule has 0 spiro atoms. The molecule has 1 unspecified atom stereocenters. The fraction of sp³-hybridized carbons (Fsp3) is 0.312. The number of benzene rings is 1. The zero-order valence-corrected chi connectivity index (χ0v) is 12.6. The van der Waals surface area contributed by atoms with Crippen molar-refractivity contribution < 1.29 is 9.57 Å². The third-order valence-corrected chi connectivity index (χ3v) is 3.68. The largest absolute Gasteiger partial charge is 0.492 e. The molecule has 2 aromatic rings. The Morgan fingerprint density at radius 2 is 2.19 bits per heavy atom. The molecule has 4 nitrogen and oxygen atoms in total. The van der Waals surface area contributed by atoms with Crippen LogP contribution in [0.25, 0.3) is 11.3 Å². The summed E-state index contributed by atoms with van der Waals surface area (Å²) in [5, 5.41) is 0.716. The van der Waals surface area contributed by atoms with Crippen LogP contribution in [0.5, 0.6) is 5.75 Å². The van der Waals surface area contributed by atoms with Crippen molar-refractivity contribution in [3.8, 4) is 17.0 Å². The molecule has 0 amide bonds. The van der Waals surface area contributed by atoms with E-state index in [2.05, 4.69) is 10.5 Å². The van der Waals surface area contributed by atoms with Crippen LogP contribution in [-0.4, -0.2) is 18.2 Å². The van der Waals surface area contributed by atoms with Gasteiger partial charge in [0, 0.05) is 16.1 Å². The first kappa shape index (κ1) is 14.3. The lowest BCUT2D eigenvalue weighted by molar-refractivity contribution is 0.0883. The highest BCUT2D eigenvalue weighted by Crippen LogP contribution is 2.33. The highest BCUT2D eigenvalue weighted by atomic mass is 35.5. The maximum atomic E-state index is 5.96. The maximum absolute atomic E-state index is 5.96. The number of hydrogen-bond acceptors (Lipinski definition) is 4. The molecule has 1 aliphatic rings. The summed E-state index contributed by atoms with van der Waals surface area (Å²) in [4.78, 5) is 9.86. The molecule has 3 rings (SSSR count). The van der Waals surface area contributed by atoms with E-state index in [1.165, 1.54) is 0 Å². The summed E-state index contributed by atoms with van der Waals surface area (Å²) in [5.41, 5.74) is 6.09. The molecular weight excluding hydrogens is 288 g/mol. The van der Waals surface area contributed by atoms with Gasteiger partial charge < -0.3 is 9.57 Å². The SMILES string of the molecule is CCOc1cnc(-c2ccc(Cl)cc2)c(C2CCON2)c1. The average molecular weight is 305 g/mol. The van der Waals surface area contributed by atoms with Crippen molar-refractivity contribution in [3.05, 3.63) is 47.1 Å². The fourth-order valence-electron chi connectivity index (χ4n) is 2.44. The van der Waals surface area contributed by atoms with E-state index in [0.717, 1.165) is 29.0 Å². The van der Waals surface area contributed by atoms with E-state index in [1.54, 1.807) is 6.20 Å². The molecule has 110 valence electrons. The summed E-state index contributed by atoms with van der Waals surface area (Å²) in [6, 6.07) is 9.86. The van der Waals surface area contributed by atoms with E-state index in [1.807, 2.05) is 37.3 Å². The summed E-state index contributed by atoms with van der Waals surface area (Å²) in [6.45, 7) is 3.28. The summed E-state index contributed by atoms with van der Waals surface area (Å²) >= 11 is 5.96. The average Bonchev–Trinajstić information content (AvgIpc) is 3.03. The number of nitrogens with zero attached hydrogens (tertiary/aromatic N) is 1. The van der Waals surface area contributed by atoms with Crippen LogP contribution >= 0.6 is 11.6 Å². The molecule has 0 bridgehead atoms. The lowest BCUT2D eigenvalue weighted by Crippen LogP contribution is -2.13. The van der Waals surface area contributed by atoms with Crippen LogP contribution in [0.1, 0.15) is 24.9 Å². The lowest BCUT2D eigenvalue weighted by atomic mass is 9.99. The van der Waals surface area contributed by atoms with E-state index < -0.39 is 0 Å². The highest BCUT2D eigenvalue weighted by Gasteiger charge is 2.22. The number of hydrogen-bond donors (Lipinski definition) is 1.